The number of hydrogen-bond acceptors (Lipinski definition) is 3. The Kier molecular flexibility index (Phi) is 26.2. The molecule has 0 saturated heterocycles. The van der Waals surface area contributed by atoms with Gasteiger partial charge in [0.05, 0.1) is 13.2 Å². The molecule has 0 saturated carbocycles. The third kappa shape index (κ3) is 23.6. The van der Waals surface area contributed by atoms with Crippen LogP contribution in [0.2, 0.25) is 0 Å². The summed E-state index contributed by atoms with van der Waals surface area (Å²) in [5, 5.41) is 0. The molecule has 4 nitrogen and oxygen atoms in total. The molecule has 0 bridgehead atoms. The molecule has 0 spiro atoms. The SMILES string of the molecule is CCCCCCCCCCOP(=O)(O)OCCCCCCCCCC.[H-].[H-].[Sr+2]. The first-order chi connectivity index (χ1) is 12.1. The predicted octanol–water partition coefficient (Wildman–Crippen LogP) is 7.25. The number of hydrogen-bond donors (Lipinski definition) is 1. The maximum atomic E-state index is 11.7. The summed E-state index contributed by atoms with van der Waals surface area (Å²) in [6.07, 6.45) is 19.1. The monoisotopic (exact) mass is 468 g/mol. The summed E-state index contributed by atoms with van der Waals surface area (Å²) in [6.45, 7) is 5.09. The summed E-state index contributed by atoms with van der Waals surface area (Å²) in [4.78, 5) is 9.63. The average molecular weight is 468 g/mol. The second kappa shape index (κ2) is 22.9. The van der Waals surface area contributed by atoms with Gasteiger partial charge in [-0.3, -0.25) is 9.05 Å². The molecule has 156 valence electrons. The van der Waals surface area contributed by atoms with Crippen LogP contribution in [0.15, 0.2) is 0 Å². The molecule has 0 aromatic rings. The number of phosphoric ester groups is 1. The van der Waals surface area contributed by atoms with E-state index in [1.165, 1.54) is 77.0 Å². The normalized spacial score (nSPS) is 11.5. The van der Waals surface area contributed by atoms with Crippen LogP contribution in [0, 0.1) is 0 Å². The van der Waals surface area contributed by atoms with Crippen molar-refractivity contribution < 1.29 is 21.4 Å². The minimum atomic E-state index is -3.83. The molecule has 0 aliphatic carbocycles. The van der Waals surface area contributed by atoms with Gasteiger partial charge in [-0.05, 0) is 12.8 Å². The van der Waals surface area contributed by atoms with E-state index in [2.05, 4.69) is 13.8 Å². The van der Waals surface area contributed by atoms with Crippen molar-refractivity contribution in [2.75, 3.05) is 13.2 Å². The zero-order valence-electron chi connectivity index (χ0n) is 19.6. The van der Waals surface area contributed by atoms with Crippen molar-refractivity contribution >= 4 is 53.3 Å². The van der Waals surface area contributed by atoms with Gasteiger partial charge in [0, 0.05) is 0 Å². The van der Waals surface area contributed by atoms with Crippen molar-refractivity contribution in [2.24, 2.45) is 0 Å². The first-order valence-corrected chi connectivity index (χ1v) is 12.2. The minimum absolute atomic E-state index is 0. The molecule has 0 aliphatic heterocycles. The van der Waals surface area contributed by atoms with E-state index in [0.29, 0.717) is 13.2 Å². The van der Waals surface area contributed by atoms with Crippen LogP contribution in [0.1, 0.15) is 119 Å². The second-order valence-corrected chi connectivity index (χ2v) is 8.54. The summed E-state index contributed by atoms with van der Waals surface area (Å²) >= 11 is 0. The molecule has 0 heterocycles. The Balaban J connectivity index is -0.000000960. The Bertz CT molecular complexity index is 301. The summed E-state index contributed by atoms with van der Waals surface area (Å²) in [5.41, 5.74) is 0. The molecule has 0 aliphatic rings. The van der Waals surface area contributed by atoms with Crippen molar-refractivity contribution in [2.45, 2.75) is 117 Å². The molecular weight excluding hydrogens is 423 g/mol. The molecule has 0 amide bonds. The van der Waals surface area contributed by atoms with Gasteiger partial charge in [0.25, 0.3) is 0 Å². The Hall–Kier alpha value is 1.59. The molecule has 26 heavy (non-hydrogen) atoms. The summed E-state index contributed by atoms with van der Waals surface area (Å²) < 4.78 is 21.8. The maximum Gasteiger partial charge on any atom is 2.00 e. The molecule has 0 atom stereocenters. The van der Waals surface area contributed by atoms with E-state index in [0.717, 1.165) is 25.7 Å². The molecule has 0 unspecified atom stereocenters. The van der Waals surface area contributed by atoms with Crippen molar-refractivity contribution in [1.29, 1.82) is 0 Å². The van der Waals surface area contributed by atoms with Crippen LogP contribution in [0.5, 0.6) is 0 Å². The Labute approximate surface area is 203 Å². The standard InChI is InChI=1S/C20H43O4P.Sr.2H/c1-3-5-7-9-11-13-15-17-19-23-25(21,22)24-20-18-16-14-12-10-8-6-4-2;;;/h3-20H2,1-2H3,(H,21,22);;;/q;+2;2*-1. The first kappa shape index (κ1) is 29.8. The van der Waals surface area contributed by atoms with Gasteiger partial charge in [0.15, 0.2) is 0 Å². The minimum Gasteiger partial charge on any atom is -1.00 e. The fourth-order valence-corrected chi connectivity index (χ4v) is 3.66. The van der Waals surface area contributed by atoms with E-state index in [1.807, 2.05) is 0 Å². The third-order valence-corrected chi connectivity index (χ3v) is 5.52. The van der Waals surface area contributed by atoms with Crippen LogP contribution in [0.3, 0.4) is 0 Å². The zero-order valence-corrected chi connectivity index (χ0v) is 21.9. The van der Waals surface area contributed by atoms with Crippen molar-refractivity contribution in [1.82, 2.24) is 0 Å². The van der Waals surface area contributed by atoms with Crippen LogP contribution in [-0.4, -0.2) is 63.6 Å². The van der Waals surface area contributed by atoms with E-state index in [9.17, 15) is 9.46 Å². The van der Waals surface area contributed by atoms with Gasteiger partial charge in [-0.25, -0.2) is 4.57 Å². The molecule has 0 rings (SSSR count). The van der Waals surface area contributed by atoms with Crippen LogP contribution < -0.4 is 0 Å². The van der Waals surface area contributed by atoms with E-state index in [4.69, 9.17) is 9.05 Å². The fraction of sp³-hybridized carbons (Fsp3) is 1.00. The zero-order chi connectivity index (χ0) is 18.6. The predicted molar refractivity (Wildman–Crippen MR) is 115 cm³/mol. The van der Waals surface area contributed by atoms with Crippen molar-refractivity contribution in [3.63, 3.8) is 0 Å². The molecule has 1 N–H and O–H groups in total. The van der Waals surface area contributed by atoms with Crippen molar-refractivity contribution in [3.05, 3.63) is 0 Å². The van der Waals surface area contributed by atoms with Crippen LogP contribution in [-0.2, 0) is 13.6 Å². The van der Waals surface area contributed by atoms with Crippen LogP contribution in [0.4, 0.5) is 0 Å². The third-order valence-electron chi connectivity index (χ3n) is 4.50. The summed E-state index contributed by atoms with van der Waals surface area (Å²) in [7, 11) is -3.83. The van der Waals surface area contributed by atoms with Gasteiger partial charge in [0.1, 0.15) is 0 Å². The van der Waals surface area contributed by atoms with E-state index in [1.54, 1.807) is 0 Å². The molecule has 0 aromatic carbocycles. The van der Waals surface area contributed by atoms with Gasteiger partial charge in [-0.2, -0.15) is 0 Å². The summed E-state index contributed by atoms with van der Waals surface area (Å²) in [6, 6.07) is 0. The molecule has 0 aromatic heterocycles. The molecule has 0 radical (unpaired) electrons. The smallest absolute Gasteiger partial charge is 1.00 e. The van der Waals surface area contributed by atoms with E-state index in [-0.39, 0.29) is 48.3 Å². The Morgan fingerprint density at radius 2 is 0.885 bits per heavy atom. The molecule has 0 fully saturated rings. The number of unbranched alkanes of at least 4 members (excludes halogenated alkanes) is 14. The fourth-order valence-electron chi connectivity index (χ4n) is 2.87. The Morgan fingerprint density at radius 3 is 1.19 bits per heavy atom. The number of phosphoric acid groups is 1. The molecule has 6 heteroatoms. The van der Waals surface area contributed by atoms with Crippen molar-refractivity contribution in [3.8, 4) is 0 Å². The average Bonchev–Trinajstić information content (AvgIpc) is 2.59. The first-order valence-electron chi connectivity index (χ1n) is 10.7. The van der Waals surface area contributed by atoms with E-state index < -0.39 is 7.82 Å². The number of rotatable bonds is 20. The summed E-state index contributed by atoms with van der Waals surface area (Å²) in [5.74, 6) is 0. The quantitative estimate of drug-likeness (QED) is 0.116. The Morgan fingerprint density at radius 1 is 0.615 bits per heavy atom. The van der Waals surface area contributed by atoms with Gasteiger partial charge >= 0.3 is 53.3 Å². The van der Waals surface area contributed by atoms with Crippen LogP contribution >= 0.6 is 7.82 Å². The van der Waals surface area contributed by atoms with Gasteiger partial charge in [-0.1, -0.05) is 104 Å². The second-order valence-electron chi connectivity index (χ2n) is 7.08. The molecular formula is C20H45O4PSr. The van der Waals surface area contributed by atoms with Gasteiger partial charge in [-0.15, -0.1) is 0 Å². The largest absolute Gasteiger partial charge is 2.00 e. The van der Waals surface area contributed by atoms with Gasteiger partial charge in [0.2, 0.25) is 0 Å². The topological polar surface area (TPSA) is 55.8 Å². The van der Waals surface area contributed by atoms with Gasteiger partial charge < -0.3 is 7.75 Å². The van der Waals surface area contributed by atoms with Crippen LogP contribution in [0.25, 0.3) is 0 Å². The maximum absolute atomic E-state index is 11.7. The van der Waals surface area contributed by atoms with E-state index >= 15 is 0 Å².